The van der Waals surface area contributed by atoms with Crippen LogP contribution in [-0.2, 0) is 33.3 Å². The van der Waals surface area contributed by atoms with Gasteiger partial charge in [0.05, 0.1) is 34.4 Å². The van der Waals surface area contributed by atoms with Gasteiger partial charge in [-0.05, 0) is 109 Å². The summed E-state index contributed by atoms with van der Waals surface area (Å²) in [5.41, 5.74) is 0. The summed E-state index contributed by atoms with van der Waals surface area (Å²) in [6.45, 7) is 4.73. The molecule has 9 nitrogen and oxygen atoms in total. The molecule has 0 heterocycles. The number of ether oxygens (including phenoxy) is 4. The molecule has 0 aromatic carbocycles. The standard InChI is InChI=1S/C68H113NO8/c1-6-8-10-12-14-16-18-20-22-23-24-25-26-27-28-29-30-31-32-33-34-35-36-37-38-39-40-41-42-43-45-47-49-51-53-55-57-59-66(71)77-64(63-76-68(67(72)73)74-61-60-69(3,4)5)62-75-65(70)58-56-54-52-50-48-46-44-21-19-17-15-13-11-9-7-2/h8,10,14,16,20-22,24-25,27-28,30-31,33-34,36-37,39-40,44,64,68H,6-7,9,11-13,15,17-19,23,26,29,32,35,38,41-43,45-63H2,1-5H3/p+1/b10-8-,16-14-,22-20-,25-24-,28-27-,31-30-,34-33-,37-36-,40-39-,44-21-. The normalized spacial score (nSPS) is 13.6. The van der Waals surface area contributed by atoms with Gasteiger partial charge in [-0.15, -0.1) is 0 Å². The van der Waals surface area contributed by atoms with Crippen LogP contribution in [0.4, 0.5) is 0 Å². The molecule has 0 radical (unpaired) electrons. The van der Waals surface area contributed by atoms with Crippen molar-refractivity contribution in [3.05, 3.63) is 122 Å². The molecule has 1 N–H and O–H groups in total. The number of carboxylic acid groups (broad SMARTS) is 1. The third-order valence-electron chi connectivity index (χ3n) is 12.7. The first-order valence-corrected chi connectivity index (χ1v) is 30.7. The minimum Gasteiger partial charge on any atom is -0.477 e. The lowest BCUT2D eigenvalue weighted by Crippen LogP contribution is -2.40. The third kappa shape index (κ3) is 59.2. The van der Waals surface area contributed by atoms with Gasteiger partial charge >= 0.3 is 17.9 Å². The number of esters is 2. The van der Waals surface area contributed by atoms with Crippen LogP contribution in [-0.4, -0.2) is 87.4 Å². The average Bonchev–Trinajstić information content (AvgIpc) is 3.40. The average molecular weight is 1070 g/mol. The molecule has 77 heavy (non-hydrogen) atoms. The maximum Gasteiger partial charge on any atom is 0.361 e. The van der Waals surface area contributed by atoms with Gasteiger partial charge in [-0.1, -0.05) is 232 Å². The number of nitrogens with zero attached hydrogens (tertiary/aromatic N) is 1. The first-order valence-electron chi connectivity index (χ1n) is 30.7. The molecule has 0 aliphatic heterocycles. The number of quaternary nitrogens is 1. The zero-order valence-corrected chi connectivity index (χ0v) is 49.8. The number of likely N-dealkylation sites (N-methyl/N-ethyl adjacent to an activating group) is 1. The van der Waals surface area contributed by atoms with Crippen molar-refractivity contribution in [1.82, 2.24) is 0 Å². The van der Waals surface area contributed by atoms with E-state index in [1.54, 1.807) is 0 Å². The first kappa shape index (κ1) is 72.7. The number of carbonyl (C=O) groups is 3. The number of carboxylic acids is 1. The largest absolute Gasteiger partial charge is 0.477 e. The molecule has 0 amide bonds. The quantitative estimate of drug-likeness (QED) is 0.0211. The fraction of sp³-hybridized carbons (Fsp3) is 0.662. The summed E-state index contributed by atoms with van der Waals surface area (Å²) in [6.07, 6.45) is 78.6. The van der Waals surface area contributed by atoms with Gasteiger partial charge in [0.2, 0.25) is 0 Å². The van der Waals surface area contributed by atoms with Crippen molar-refractivity contribution < 1.29 is 42.9 Å². The monoisotopic (exact) mass is 1070 g/mol. The Balaban J connectivity index is 4.19. The number of allylic oxidation sites excluding steroid dienone is 20. The van der Waals surface area contributed by atoms with Crippen molar-refractivity contribution in [2.75, 3.05) is 47.5 Å². The second-order valence-corrected chi connectivity index (χ2v) is 21.3. The Kier molecular flexibility index (Phi) is 54.6. The van der Waals surface area contributed by atoms with Gasteiger partial charge < -0.3 is 28.5 Å². The Bertz CT molecular complexity index is 1670. The van der Waals surface area contributed by atoms with Crippen LogP contribution in [0.15, 0.2) is 122 Å². The summed E-state index contributed by atoms with van der Waals surface area (Å²) in [5, 5.41) is 9.70. The Morgan fingerprint density at radius 3 is 1.12 bits per heavy atom. The van der Waals surface area contributed by atoms with Gasteiger partial charge in [-0.25, -0.2) is 4.79 Å². The highest BCUT2D eigenvalue weighted by atomic mass is 16.7. The fourth-order valence-electron chi connectivity index (χ4n) is 8.00. The molecule has 0 aliphatic rings. The van der Waals surface area contributed by atoms with Gasteiger partial charge in [-0.3, -0.25) is 9.59 Å². The molecule has 0 aromatic rings. The molecule has 0 fully saturated rings. The molecule has 438 valence electrons. The molecule has 0 spiro atoms. The van der Waals surface area contributed by atoms with E-state index in [0.717, 1.165) is 122 Å². The number of unbranched alkanes of at least 4 members (excludes halogenated alkanes) is 20. The summed E-state index contributed by atoms with van der Waals surface area (Å²) in [5.74, 6) is -2.03. The van der Waals surface area contributed by atoms with Crippen LogP contribution in [0.5, 0.6) is 0 Å². The third-order valence-corrected chi connectivity index (χ3v) is 12.7. The molecule has 2 atom stereocenters. The summed E-state index contributed by atoms with van der Waals surface area (Å²) in [4.78, 5) is 37.4. The molecule has 0 aliphatic carbocycles. The molecule has 0 aromatic heterocycles. The summed E-state index contributed by atoms with van der Waals surface area (Å²) in [7, 11) is 5.96. The van der Waals surface area contributed by atoms with E-state index in [1.807, 2.05) is 21.1 Å². The van der Waals surface area contributed by atoms with Gasteiger partial charge in [0, 0.05) is 12.8 Å². The zero-order chi connectivity index (χ0) is 56.2. The lowest BCUT2D eigenvalue weighted by Gasteiger charge is -2.25. The topological polar surface area (TPSA) is 108 Å². The zero-order valence-electron chi connectivity index (χ0n) is 49.8. The van der Waals surface area contributed by atoms with E-state index < -0.39 is 24.3 Å². The van der Waals surface area contributed by atoms with E-state index in [-0.39, 0.29) is 38.6 Å². The van der Waals surface area contributed by atoms with Crippen molar-refractivity contribution in [1.29, 1.82) is 0 Å². The second-order valence-electron chi connectivity index (χ2n) is 21.3. The molecule has 0 saturated heterocycles. The predicted molar refractivity (Wildman–Crippen MR) is 327 cm³/mol. The van der Waals surface area contributed by atoms with Crippen LogP contribution in [0.1, 0.15) is 232 Å². The van der Waals surface area contributed by atoms with Crippen molar-refractivity contribution in [3.8, 4) is 0 Å². The highest BCUT2D eigenvalue weighted by Gasteiger charge is 2.25. The Labute approximate surface area is 472 Å². The lowest BCUT2D eigenvalue weighted by atomic mass is 10.1. The minimum atomic E-state index is -1.52. The fourth-order valence-corrected chi connectivity index (χ4v) is 8.00. The van der Waals surface area contributed by atoms with Crippen molar-refractivity contribution in [2.45, 2.75) is 245 Å². The van der Waals surface area contributed by atoms with Gasteiger partial charge in [-0.2, -0.15) is 0 Å². The molecule has 9 heteroatoms. The number of rotatable bonds is 55. The van der Waals surface area contributed by atoms with Crippen LogP contribution in [0.25, 0.3) is 0 Å². The number of hydrogen-bond acceptors (Lipinski definition) is 7. The number of carbonyl (C=O) groups excluding carboxylic acids is 2. The molecule has 0 rings (SSSR count). The maximum atomic E-state index is 12.9. The Hall–Kier alpha value is -4.31. The van der Waals surface area contributed by atoms with Crippen molar-refractivity contribution >= 4 is 17.9 Å². The summed E-state index contributed by atoms with van der Waals surface area (Å²) < 4.78 is 22.9. The Morgan fingerprint density at radius 2 is 0.740 bits per heavy atom. The second kappa shape index (κ2) is 57.9. The molecule has 0 saturated carbocycles. The van der Waals surface area contributed by atoms with Crippen LogP contribution in [0, 0.1) is 0 Å². The highest BCUT2D eigenvalue weighted by Crippen LogP contribution is 2.15. The predicted octanol–water partition coefficient (Wildman–Crippen LogP) is 18.5. The van der Waals surface area contributed by atoms with Crippen LogP contribution in [0.2, 0.25) is 0 Å². The van der Waals surface area contributed by atoms with E-state index in [4.69, 9.17) is 18.9 Å². The van der Waals surface area contributed by atoms with Crippen LogP contribution < -0.4 is 0 Å². The Morgan fingerprint density at radius 1 is 0.403 bits per heavy atom. The van der Waals surface area contributed by atoms with Gasteiger partial charge in [0.1, 0.15) is 13.2 Å². The minimum absolute atomic E-state index is 0.180. The van der Waals surface area contributed by atoms with Gasteiger partial charge in [0.15, 0.2) is 6.10 Å². The van der Waals surface area contributed by atoms with E-state index >= 15 is 0 Å². The van der Waals surface area contributed by atoms with Crippen molar-refractivity contribution in [3.63, 3.8) is 0 Å². The number of aliphatic carboxylic acids is 1. The smallest absolute Gasteiger partial charge is 0.361 e. The van der Waals surface area contributed by atoms with Gasteiger partial charge in [0.25, 0.3) is 6.29 Å². The van der Waals surface area contributed by atoms with E-state index in [9.17, 15) is 19.5 Å². The SMILES string of the molecule is CC/C=C\C/C=C\C/C=C\C/C=C\C/C=C\C/C=C\C/C=C\C/C=C\C/C=C\CCCCCCCCCCCC(=O)OC(COC(=O)CCCCCCC/C=C\CCCCCCCC)COC(OCC[N+](C)(C)C)C(=O)O. The van der Waals surface area contributed by atoms with E-state index in [0.29, 0.717) is 17.4 Å². The molecule has 2 unspecified atom stereocenters. The maximum absolute atomic E-state index is 12.9. The lowest BCUT2D eigenvalue weighted by molar-refractivity contribution is -0.870. The first-order chi connectivity index (χ1) is 37.6. The van der Waals surface area contributed by atoms with Crippen molar-refractivity contribution in [2.24, 2.45) is 0 Å². The van der Waals surface area contributed by atoms with E-state index in [1.165, 1.54) is 77.0 Å². The van der Waals surface area contributed by atoms with Crippen LogP contribution >= 0.6 is 0 Å². The number of hydrogen-bond donors (Lipinski definition) is 1. The highest BCUT2D eigenvalue weighted by molar-refractivity contribution is 5.71. The van der Waals surface area contributed by atoms with E-state index in [2.05, 4.69) is 135 Å². The summed E-state index contributed by atoms with van der Waals surface area (Å²) in [6, 6.07) is 0. The molecular formula is C68H114NO8+. The molecular weight excluding hydrogens is 959 g/mol. The van der Waals surface area contributed by atoms with Crippen LogP contribution in [0.3, 0.4) is 0 Å². The molecule has 0 bridgehead atoms. The summed E-state index contributed by atoms with van der Waals surface area (Å²) >= 11 is 0.